The highest BCUT2D eigenvalue weighted by Gasteiger charge is 2.07. The summed E-state index contributed by atoms with van der Waals surface area (Å²) in [5, 5.41) is 3.23. The highest BCUT2D eigenvalue weighted by molar-refractivity contribution is 4.67. The molecule has 0 amide bonds. The molecule has 0 radical (unpaired) electrons. The van der Waals surface area contributed by atoms with Crippen LogP contribution in [0.2, 0.25) is 0 Å². The van der Waals surface area contributed by atoms with Crippen LogP contribution in [0.4, 0.5) is 0 Å². The molecule has 74 valence electrons. The Balaban J connectivity index is 3.53. The van der Waals surface area contributed by atoms with Gasteiger partial charge in [0, 0.05) is 19.7 Å². The molecule has 0 aromatic rings. The van der Waals surface area contributed by atoms with E-state index in [0.29, 0.717) is 6.04 Å². The lowest BCUT2D eigenvalue weighted by atomic mass is 10.3. The van der Waals surface area contributed by atoms with Gasteiger partial charge in [0.25, 0.3) is 0 Å². The van der Waals surface area contributed by atoms with Crippen LogP contribution in [0.1, 0.15) is 13.3 Å². The normalized spacial score (nSPS) is 13.8. The number of nitrogens with zero attached hydrogens (tertiary/aromatic N) is 1. The zero-order valence-corrected chi connectivity index (χ0v) is 8.76. The van der Waals surface area contributed by atoms with E-state index in [2.05, 4.69) is 24.2 Å². The first-order chi connectivity index (χ1) is 5.74. The van der Waals surface area contributed by atoms with Gasteiger partial charge in [-0.1, -0.05) is 6.92 Å². The molecule has 0 rings (SSSR count). The van der Waals surface area contributed by atoms with Crippen LogP contribution in [0, 0.1) is 0 Å². The summed E-state index contributed by atoms with van der Waals surface area (Å²) in [6, 6.07) is 0.451. The Morgan fingerprint density at radius 1 is 1.50 bits per heavy atom. The number of methoxy groups -OCH3 is 1. The minimum Gasteiger partial charge on any atom is -0.383 e. The van der Waals surface area contributed by atoms with E-state index in [1.54, 1.807) is 7.11 Å². The van der Waals surface area contributed by atoms with Crippen molar-refractivity contribution in [3.8, 4) is 0 Å². The number of nitrogens with one attached hydrogen (secondary N) is 1. The van der Waals surface area contributed by atoms with E-state index < -0.39 is 0 Å². The first kappa shape index (κ1) is 11.9. The first-order valence-electron chi connectivity index (χ1n) is 4.59. The Labute approximate surface area is 76.1 Å². The Morgan fingerprint density at radius 3 is 2.58 bits per heavy atom. The summed E-state index contributed by atoms with van der Waals surface area (Å²) in [6.45, 7) is 5.19. The van der Waals surface area contributed by atoms with E-state index in [1.165, 1.54) is 6.42 Å². The summed E-state index contributed by atoms with van der Waals surface area (Å²) in [7, 11) is 5.86. The molecule has 0 heterocycles. The number of hydrogen-bond acceptors (Lipinski definition) is 3. The predicted molar refractivity (Wildman–Crippen MR) is 52.5 cm³/mol. The van der Waals surface area contributed by atoms with Gasteiger partial charge in [0.2, 0.25) is 0 Å². The SMILES string of the molecule is CCCN(C)CC(COC)NC. The minimum atomic E-state index is 0.451. The van der Waals surface area contributed by atoms with Gasteiger partial charge in [-0.25, -0.2) is 0 Å². The van der Waals surface area contributed by atoms with E-state index in [0.717, 1.165) is 19.7 Å². The molecule has 0 aromatic carbocycles. The van der Waals surface area contributed by atoms with Gasteiger partial charge in [-0.3, -0.25) is 0 Å². The lowest BCUT2D eigenvalue weighted by Gasteiger charge is -2.22. The zero-order chi connectivity index (χ0) is 9.40. The van der Waals surface area contributed by atoms with Crippen LogP contribution in [0.5, 0.6) is 0 Å². The van der Waals surface area contributed by atoms with Crippen molar-refractivity contribution in [3.05, 3.63) is 0 Å². The smallest absolute Gasteiger partial charge is 0.0628 e. The van der Waals surface area contributed by atoms with Crippen LogP contribution in [0.3, 0.4) is 0 Å². The van der Waals surface area contributed by atoms with Crippen LogP contribution < -0.4 is 5.32 Å². The third-order valence-corrected chi connectivity index (χ3v) is 1.91. The van der Waals surface area contributed by atoms with Gasteiger partial charge in [-0.15, -0.1) is 0 Å². The quantitative estimate of drug-likeness (QED) is 0.610. The fourth-order valence-electron chi connectivity index (χ4n) is 1.28. The number of ether oxygens (including phenoxy) is 1. The third-order valence-electron chi connectivity index (χ3n) is 1.91. The number of hydrogen-bond donors (Lipinski definition) is 1. The summed E-state index contributed by atoms with van der Waals surface area (Å²) in [6.07, 6.45) is 1.21. The fourth-order valence-corrected chi connectivity index (χ4v) is 1.28. The highest BCUT2D eigenvalue weighted by Crippen LogP contribution is 1.91. The van der Waals surface area contributed by atoms with Crippen molar-refractivity contribution in [1.29, 1.82) is 0 Å². The summed E-state index contributed by atoms with van der Waals surface area (Å²) in [5.74, 6) is 0. The number of rotatable bonds is 7. The lowest BCUT2D eigenvalue weighted by Crippen LogP contribution is -2.40. The molecule has 1 unspecified atom stereocenters. The van der Waals surface area contributed by atoms with Crippen molar-refractivity contribution in [2.45, 2.75) is 19.4 Å². The molecule has 0 spiro atoms. The Kier molecular flexibility index (Phi) is 7.45. The molecule has 0 fully saturated rings. The zero-order valence-electron chi connectivity index (χ0n) is 8.76. The average Bonchev–Trinajstić information content (AvgIpc) is 2.04. The summed E-state index contributed by atoms with van der Waals surface area (Å²) >= 11 is 0. The summed E-state index contributed by atoms with van der Waals surface area (Å²) in [5.41, 5.74) is 0. The molecule has 1 atom stereocenters. The predicted octanol–water partition coefficient (Wildman–Crippen LogP) is 0.563. The summed E-state index contributed by atoms with van der Waals surface area (Å²) < 4.78 is 5.08. The Bertz CT molecular complexity index is 98.5. The molecule has 0 saturated carbocycles. The van der Waals surface area contributed by atoms with Gasteiger partial charge < -0.3 is 15.0 Å². The second-order valence-electron chi connectivity index (χ2n) is 3.20. The monoisotopic (exact) mass is 174 g/mol. The molecule has 0 aromatic heterocycles. The second-order valence-corrected chi connectivity index (χ2v) is 3.20. The molecule has 3 heteroatoms. The maximum absolute atomic E-state index is 5.08. The van der Waals surface area contributed by atoms with Gasteiger partial charge in [-0.05, 0) is 27.1 Å². The van der Waals surface area contributed by atoms with Gasteiger partial charge in [0.05, 0.1) is 6.61 Å². The van der Waals surface area contributed by atoms with Gasteiger partial charge in [0.15, 0.2) is 0 Å². The molecule has 1 N–H and O–H groups in total. The molecule has 0 aliphatic carbocycles. The maximum atomic E-state index is 5.08. The van der Waals surface area contributed by atoms with Gasteiger partial charge in [0.1, 0.15) is 0 Å². The van der Waals surface area contributed by atoms with E-state index >= 15 is 0 Å². The van der Waals surface area contributed by atoms with Crippen molar-refractivity contribution in [2.75, 3.05) is 40.9 Å². The van der Waals surface area contributed by atoms with E-state index in [4.69, 9.17) is 4.74 Å². The van der Waals surface area contributed by atoms with E-state index in [9.17, 15) is 0 Å². The number of likely N-dealkylation sites (N-methyl/N-ethyl adjacent to an activating group) is 2. The lowest BCUT2D eigenvalue weighted by molar-refractivity contribution is 0.149. The molecule has 12 heavy (non-hydrogen) atoms. The summed E-state index contributed by atoms with van der Waals surface area (Å²) in [4.78, 5) is 2.32. The standard InChI is InChI=1S/C9H22N2O/c1-5-6-11(3)7-9(10-2)8-12-4/h9-10H,5-8H2,1-4H3. The third kappa shape index (κ3) is 5.52. The van der Waals surface area contributed by atoms with Crippen LogP contribution in [0.15, 0.2) is 0 Å². The van der Waals surface area contributed by atoms with E-state index in [1.807, 2.05) is 7.05 Å². The van der Waals surface area contributed by atoms with Gasteiger partial charge in [-0.2, -0.15) is 0 Å². The molecule has 0 aliphatic rings. The van der Waals surface area contributed by atoms with E-state index in [-0.39, 0.29) is 0 Å². The van der Waals surface area contributed by atoms with Crippen LogP contribution in [-0.4, -0.2) is 51.8 Å². The largest absolute Gasteiger partial charge is 0.383 e. The molecule has 0 bridgehead atoms. The van der Waals surface area contributed by atoms with Crippen LogP contribution in [-0.2, 0) is 4.74 Å². The Morgan fingerprint density at radius 2 is 2.17 bits per heavy atom. The molecule has 0 aliphatic heterocycles. The fraction of sp³-hybridized carbons (Fsp3) is 1.00. The topological polar surface area (TPSA) is 24.5 Å². The maximum Gasteiger partial charge on any atom is 0.0628 e. The Hall–Kier alpha value is -0.120. The molecular weight excluding hydrogens is 152 g/mol. The van der Waals surface area contributed by atoms with Crippen LogP contribution in [0.25, 0.3) is 0 Å². The second kappa shape index (κ2) is 7.53. The van der Waals surface area contributed by atoms with Crippen LogP contribution >= 0.6 is 0 Å². The van der Waals surface area contributed by atoms with Crippen molar-refractivity contribution in [1.82, 2.24) is 10.2 Å². The minimum absolute atomic E-state index is 0.451. The van der Waals surface area contributed by atoms with Crippen molar-refractivity contribution in [3.63, 3.8) is 0 Å². The molecular formula is C9H22N2O. The van der Waals surface area contributed by atoms with Gasteiger partial charge >= 0.3 is 0 Å². The van der Waals surface area contributed by atoms with Crippen molar-refractivity contribution >= 4 is 0 Å². The first-order valence-corrected chi connectivity index (χ1v) is 4.59. The molecule has 0 saturated heterocycles. The average molecular weight is 174 g/mol. The molecule has 3 nitrogen and oxygen atoms in total. The van der Waals surface area contributed by atoms with Crippen molar-refractivity contribution < 1.29 is 4.74 Å². The highest BCUT2D eigenvalue weighted by atomic mass is 16.5. The van der Waals surface area contributed by atoms with Crippen molar-refractivity contribution in [2.24, 2.45) is 0 Å².